The molecule has 0 atom stereocenters. The molecule has 0 aromatic carbocycles. The summed E-state index contributed by atoms with van der Waals surface area (Å²) < 4.78 is 0. The van der Waals surface area contributed by atoms with Gasteiger partial charge in [0, 0.05) is 17.4 Å². The van der Waals surface area contributed by atoms with Gasteiger partial charge in [-0.25, -0.2) is 0 Å². The summed E-state index contributed by atoms with van der Waals surface area (Å²) in [5.41, 5.74) is 0. The van der Waals surface area contributed by atoms with E-state index in [1.807, 2.05) is 24.6 Å². The second kappa shape index (κ2) is 2.06. The number of fused-ring (bicyclic) bond motifs is 1. The van der Waals surface area contributed by atoms with Gasteiger partial charge in [-0.3, -0.25) is 0 Å². The molecule has 52 valence electrons. The molecule has 0 saturated heterocycles. The summed E-state index contributed by atoms with van der Waals surface area (Å²) >= 11 is 5.80. The molecule has 2 aliphatic rings. The summed E-state index contributed by atoms with van der Waals surface area (Å²) in [7, 11) is 0. The zero-order valence-corrected chi connectivity index (χ0v) is 6.10. The first kappa shape index (κ1) is 5.86. The van der Waals surface area contributed by atoms with Crippen molar-refractivity contribution in [3.8, 4) is 0 Å². The van der Waals surface area contributed by atoms with Crippen LogP contribution in [0.2, 0.25) is 0 Å². The lowest BCUT2D eigenvalue weighted by Crippen LogP contribution is -2.21. The molecule has 2 heterocycles. The molecular formula is C7H7ClN2. The maximum Gasteiger partial charge on any atom is 0.110 e. The molecule has 3 heteroatoms. The van der Waals surface area contributed by atoms with Gasteiger partial charge in [0.1, 0.15) is 5.82 Å². The minimum atomic E-state index is 0.789. The van der Waals surface area contributed by atoms with Gasteiger partial charge in [0.2, 0.25) is 0 Å². The summed E-state index contributed by atoms with van der Waals surface area (Å²) in [6, 6.07) is 0. The molecule has 0 amide bonds. The van der Waals surface area contributed by atoms with Crippen LogP contribution >= 0.6 is 11.6 Å². The minimum Gasteiger partial charge on any atom is -0.347 e. The monoisotopic (exact) mass is 154 g/mol. The van der Waals surface area contributed by atoms with E-state index in [0.29, 0.717) is 0 Å². The van der Waals surface area contributed by atoms with Gasteiger partial charge in [0.25, 0.3) is 0 Å². The molecule has 0 aliphatic carbocycles. The van der Waals surface area contributed by atoms with Crippen molar-refractivity contribution in [3.05, 3.63) is 35.4 Å². The minimum absolute atomic E-state index is 0.789. The fourth-order valence-electron chi connectivity index (χ4n) is 1.04. The van der Waals surface area contributed by atoms with E-state index in [1.54, 1.807) is 0 Å². The van der Waals surface area contributed by atoms with Crippen LogP contribution in [0.1, 0.15) is 0 Å². The molecule has 0 fully saturated rings. The van der Waals surface area contributed by atoms with Crippen molar-refractivity contribution in [3.63, 3.8) is 0 Å². The highest BCUT2D eigenvalue weighted by molar-refractivity contribution is 6.30. The first-order valence-electron chi connectivity index (χ1n) is 3.12. The van der Waals surface area contributed by atoms with E-state index in [2.05, 4.69) is 10.2 Å². The van der Waals surface area contributed by atoms with Crippen LogP contribution in [0.5, 0.6) is 0 Å². The van der Waals surface area contributed by atoms with Crippen molar-refractivity contribution in [2.24, 2.45) is 0 Å². The van der Waals surface area contributed by atoms with Crippen LogP contribution in [0.3, 0.4) is 0 Å². The van der Waals surface area contributed by atoms with Crippen molar-refractivity contribution >= 4 is 11.6 Å². The normalized spacial score (nSPS) is 21.5. The average molecular weight is 155 g/mol. The quantitative estimate of drug-likeness (QED) is 0.567. The third kappa shape index (κ3) is 0.809. The number of nitrogens with zero attached hydrogens (tertiary/aromatic N) is 1. The van der Waals surface area contributed by atoms with E-state index in [9.17, 15) is 0 Å². The Labute approximate surface area is 64.5 Å². The Kier molecular flexibility index (Phi) is 1.21. The van der Waals surface area contributed by atoms with Crippen molar-refractivity contribution in [1.29, 1.82) is 0 Å². The maximum atomic E-state index is 5.80. The van der Waals surface area contributed by atoms with Crippen LogP contribution < -0.4 is 5.32 Å². The van der Waals surface area contributed by atoms with Gasteiger partial charge in [-0.15, -0.1) is 0 Å². The molecule has 1 N–H and O–H groups in total. The van der Waals surface area contributed by atoms with Gasteiger partial charge >= 0.3 is 0 Å². The Hall–Kier alpha value is -0.890. The molecule has 2 rings (SSSR count). The largest absolute Gasteiger partial charge is 0.347 e. The Balaban J connectivity index is 2.28. The number of allylic oxidation sites excluding steroid dienone is 2. The molecule has 0 saturated carbocycles. The fraction of sp³-hybridized carbons (Fsp3) is 0.143. The molecule has 10 heavy (non-hydrogen) atoms. The molecule has 0 spiro atoms. The SMILES string of the molecule is ClC1=CC=C2NC=CN2C1. The second-order valence-corrected chi connectivity index (χ2v) is 2.74. The topological polar surface area (TPSA) is 15.3 Å². The number of halogens is 1. The number of nitrogens with one attached hydrogen (secondary N) is 1. The van der Waals surface area contributed by atoms with Crippen molar-refractivity contribution in [1.82, 2.24) is 10.2 Å². The first-order valence-corrected chi connectivity index (χ1v) is 3.50. The zero-order chi connectivity index (χ0) is 6.97. The Morgan fingerprint density at radius 2 is 2.40 bits per heavy atom. The predicted molar refractivity (Wildman–Crippen MR) is 41.0 cm³/mol. The van der Waals surface area contributed by atoms with Gasteiger partial charge in [0.15, 0.2) is 0 Å². The fourth-order valence-corrected chi connectivity index (χ4v) is 1.23. The number of hydrogen-bond donors (Lipinski definition) is 1. The summed E-state index contributed by atoms with van der Waals surface area (Å²) in [5, 5.41) is 3.95. The van der Waals surface area contributed by atoms with E-state index in [-0.39, 0.29) is 0 Å². The van der Waals surface area contributed by atoms with Gasteiger partial charge in [-0.05, 0) is 12.2 Å². The summed E-state index contributed by atoms with van der Waals surface area (Å²) in [6.07, 6.45) is 7.75. The summed E-state index contributed by atoms with van der Waals surface area (Å²) in [5.74, 6) is 1.10. The third-order valence-corrected chi connectivity index (χ3v) is 1.78. The highest BCUT2D eigenvalue weighted by atomic mass is 35.5. The van der Waals surface area contributed by atoms with Gasteiger partial charge in [-0.1, -0.05) is 11.6 Å². The average Bonchev–Trinajstić information content (AvgIpc) is 2.33. The van der Waals surface area contributed by atoms with Crippen LogP contribution in [0.4, 0.5) is 0 Å². The molecule has 0 bridgehead atoms. The Morgan fingerprint density at radius 3 is 3.30 bits per heavy atom. The molecule has 0 aromatic rings. The van der Waals surface area contributed by atoms with Crippen LogP contribution in [0.25, 0.3) is 0 Å². The molecular weight excluding hydrogens is 148 g/mol. The van der Waals surface area contributed by atoms with Gasteiger partial charge < -0.3 is 10.2 Å². The van der Waals surface area contributed by atoms with Crippen LogP contribution in [-0.2, 0) is 0 Å². The third-order valence-electron chi connectivity index (χ3n) is 1.54. The number of rotatable bonds is 0. The molecule has 2 nitrogen and oxygen atoms in total. The Bertz CT molecular complexity index is 240. The smallest absolute Gasteiger partial charge is 0.110 e. The van der Waals surface area contributed by atoms with E-state index < -0.39 is 0 Å². The van der Waals surface area contributed by atoms with E-state index >= 15 is 0 Å². The number of hydrogen-bond acceptors (Lipinski definition) is 2. The van der Waals surface area contributed by atoms with Crippen LogP contribution in [-0.4, -0.2) is 11.4 Å². The van der Waals surface area contributed by atoms with Crippen LogP contribution in [0.15, 0.2) is 35.4 Å². The van der Waals surface area contributed by atoms with Gasteiger partial charge in [-0.2, -0.15) is 0 Å². The van der Waals surface area contributed by atoms with Crippen LogP contribution in [0, 0.1) is 0 Å². The maximum absolute atomic E-state index is 5.80. The first-order chi connectivity index (χ1) is 4.86. The highest BCUT2D eigenvalue weighted by Gasteiger charge is 2.13. The van der Waals surface area contributed by atoms with Crippen molar-refractivity contribution in [2.75, 3.05) is 6.54 Å². The standard InChI is InChI=1S/C7H7ClN2/c8-6-1-2-7-9-3-4-10(7)5-6/h1-4,9H,5H2. The summed E-state index contributed by atoms with van der Waals surface area (Å²) in [4.78, 5) is 2.06. The van der Waals surface area contributed by atoms with E-state index in [4.69, 9.17) is 11.6 Å². The zero-order valence-electron chi connectivity index (χ0n) is 5.34. The molecule has 2 aliphatic heterocycles. The van der Waals surface area contributed by atoms with E-state index in [1.165, 1.54) is 0 Å². The molecule has 0 radical (unpaired) electrons. The van der Waals surface area contributed by atoms with E-state index in [0.717, 1.165) is 17.4 Å². The second-order valence-electron chi connectivity index (χ2n) is 2.25. The lowest BCUT2D eigenvalue weighted by molar-refractivity contribution is 0.508. The van der Waals surface area contributed by atoms with Crippen molar-refractivity contribution in [2.45, 2.75) is 0 Å². The highest BCUT2D eigenvalue weighted by Crippen LogP contribution is 2.18. The predicted octanol–water partition coefficient (Wildman–Crippen LogP) is 1.34. The molecule has 0 aromatic heterocycles. The lowest BCUT2D eigenvalue weighted by Gasteiger charge is -2.19. The van der Waals surface area contributed by atoms with Crippen molar-refractivity contribution < 1.29 is 0 Å². The lowest BCUT2D eigenvalue weighted by atomic mass is 10.3. The molecule has 0 unspecified atom stereocenters. The van der Waals surface area contributed by atoms with Gasteiger partial charge in [0.05, 0.1) is 6.54 Å². The Morgan fingerprint density at radius 1 is 1.50 bits per heavy atom. The summed E-state index contributed by atoms with van der Waals surface area (Å²) in [6.45, 7) is 0.789.